The number of rotatable bonds is 3. The molecule has 5 nitrogen and oxygen atoms in total. The zero-order chi connectivity index (χ0) is 12.3. The summed E-state index contributed by atoms with van der Waals surface area (Å²) in [6.45, 7) is 2.09. The summed E-state index contributed by atoms with van der Waals surface area (Å²) in [5.74, 6) is -0.396. The van der Waals surface area contributed by atoms with Gasteiger partial charge in [-0.15, -0.1) is 0 Å². The van der Waals surface area contributed by atoms with Crippen LogP contribution < -0.4 is 10.9 Å². The normalized spacial score (nSPS) is 10.2. The van der Waals surface area contributed by atoms with Crippen LogP contribution in [0.3, 0.4) is 0 Å². The molecule has 0 spiro atoms. The summed E-state index contributed by atoms with van der Waals surface area (Å²) in [6, 6.07) is 4.95. The number of nitrogens with one attached hydrogen (secondary N) is 2. The van der Waals surface area contributed by atoms with Crippen molar-refractivity contribution in [2.75, 3.05) is 0 Å². The van der Waals surface area contributed by atoms with Gasteiger partial charge in [0.2, 0.25) is 0 Å². The number of aryl methyl sites for hydroxylation is 1. The highest BCUT2D eigenvalue weighted by Gasteiger charge is 2.09. The van der Waals surface area contributed by atoms with Crippen molar-refractivity contribution < 1.29 is 9.21 Å². The standard InChI is InChI=1S/C12H12N2O3/c1-8-2-3-10(12(16)14-8)11(15)13-6-9-4-5-17-7-9/h2-5,7H,6H2,1H3,(H,13,15)(H,14,16). The molecular formula is C12H12N2O3. The van der Waals surface area contributed by atoms with E-state index in [1.54, 1.807) is 25.3 Å². The predicted molar refractivity (Wildman–Crippen MR) is 61.7 cm³/mol. The number of furan rings is 1. The molecule has 1 amide bonds. The molecule has 2 N–H and O–H groups in total. The molecule has 2 rings (SSSR count). The summed E-state index contributed by atoms with van der Waals surface area (Å²) >= 11 is 0. The largest absolute Gasteiger partial charge is 0.472 e. The van der Waals surface area contributed by atoms with Gasteiger partial charge in [-0.2, -0.15) is 0 Å². The lowest BCUT2D eigenvalue weighted by Crippen LogP contribution is -2.29. The molecule has 0 aromatic carbocycles. The zero-order valence-electron chi connectivity index (χ0n) is 9.32. The predicted octanol–water partition coefficient (Wildman–Crippen LogP) is 1.21. The summed E-state index contributed by atoms with van der Waals surface area (Å²) in [6.07, 6.45) is 3.07. The highest BCUT2D eigenvalue weighted by atomic mass is 16.3. The molecule has 2 heterocycles. The third-order valence-corrected chi connectivity index (χ3v) is 2.33. The maximum absolute atomic E-state index is 11.7. The van der Waals surface area contributed by atoms with Gasteiger partial charge in [-0.05, 0) is 25.1 Å². The summed E-state index contributed by atoms with van der Waals surface area (Å²) in [5.41, 5.74) is 1.30. The molecule has 0 aliphatic rings. The van der Waals surface area contributed by atoms with Crippen molar-refractivity contribution in [1.82, 2.24) is 10.3 Å². The Kier molecular flexibility index (Phi) is 3.09. The van der Waals surface area contributed by atoms with Crippen molar-refractivity contribution in [2.45, 2.75) is 13.5 Å². The monoisotopic (exact) mass is 232 g/mol. The van der Waals surface area contributed by atoms with E-state index in [1.165, 1.54) is 12.3 Å². The van der Waals surface area contributed by atoms with Gasteiger partial charge in [-0.1, -0.05) is 0 Å². The first-order valence-electron chi connectivity index (χ1n) is 5.16. The second kappa shape index (κ2) is 4.69. The van der Waals surface area contributed by atoms with Crippen LogP contribution in [0.15, 0.2) is 39.9 Å². The lowest BCUT2D eigenvalue weighted by atomic mass is 10.2. The average molecular weight is 232 g/mol. The van der Waals surface area contributed by atoms with Crippen LogP contribution in [-0.4, -0.2) is 10.9 Å². The van der Waals surface area contributed by atoms with Gasteiger partial charge in [-0.25, -0.2) is 0 Å². The van der Waals surface area contributed by atoms with Gasteiger partial charge in [0.1, 0.15) is 5.56 Å². The van der Waals surface area contributed by atoms with Crippen LogP contribution >= 0.6 is 0 Å². The Balaban J connectivity index is 2.07. The number of carbonyl (C=O) groups excluding carboxylic acids is 1. The fraction of sp³-hybridized carbons (Fsp3) is 0.167. The van der Waals surface area contributed by atoms with Crippen LogP contribution in [0.5, 0.6) is 0 Å². The first kappa shape index (κ1) is 11.2. The minimum Gasteiger partial charge on any atom is -0.472 e. The van der Waals surface area contributed by atoms with E-state index in [2.05, 4.69) is 10.3 Å². The number of hydrogen-bond acceptors (Lipinski definition) is 3. The van der Waals surface area contributed by atoms with Crippen LogP contribution in [-0.2, 0) is 6.54 Å². The minimum absolute atomic E-state index is 0.110. The van der Waals surface area contributed by atoms with Crippen molar-refractivity contribution in [1.29, 1.82) is 0 Å². The number of H-pyrrole nitrogens is 1. The number of pyridine rings is 1. The fourth-order valence-corrected chi connectivity index (χ4v) is 1.42. The molecule has 17 heavy (non-hydrogen) atoms. The lowest BCUT2D eigenvalue weighted by Gasteiger charge is -2.03. The minimum atomic E-state index is -0.396. The molecule has 0 saturated carbocycles. The molecule has 0 bridgehead atoms. The van der Waals surface area contributed by atoms with Crippen molar-refractivity contribution in [3.63, 3.8) is 0 Å². The average Bonchev–Trinajstić information content (AvgIpc) is 2.78. The van der Waals surface area contributed by atoms with Gasteiger partial charge in [0, 0.05) is 17.8 Å². The maximum Gasteiger partial charge on any atom is 0.260 e. The Morgan fingerprint density at radius 2 is 2.24 bits per heavy atom. The second-order valence-corrected chi connectivity index (χ2v) is 3.70. The van der Waals surface area contributed by atoms with Crippen LogP contribution in [0, 0.1) is 6.92 Å². The molecule has 0 unspecified atom stereocenters. The number of aromatic amines is 1. The van der Waals surface area contributed by atoms with E-state index < -0.39 is 5.91 Å². The van der Waals surface area contributed by atoms with E-state index in [9.17, 15) is 9.59 Å². The third kappa shape index (κ3) is 2.63. The van der Waals surface area contributed by atoms with E-state index in [0.29, 0.717) is 6.54 Å². The Morgan fingerprint density at radius 1 is 1.41 bits per heavy atom. The number of amides is 1. The summed E-state index contributed by atoms with van der Waals surface area (Å²) < 4.78 is 4.87. The lowest BCUT2D eigenvalue weighted by molar-refractivity contribution is 0.0949. The van der Waals surface area contributed by atoms with E-state index >= 15 is 0 Å². The van der Waals surface area contributed by atoms with Gasteiger partial charge in [0.05, 0.1) is 12.5 Å². The van der Waals surface area contributed by atoms with Crippen molar-refractivity contribution >= 4 is 5.91 Å². The molecule has 0 radical (unpaired) electrons. The summed E-state index contributed by atoms with van der Waals surface area (Å²) in [4.78, 5) is 25.8. The highest BCUT2D eigenvalue weighted by molar-refractivity contribution is 5.93. The van der Waals surface area contributed by atoms with Crippen LogP contribution in [0.4, 0.5) is 0 Å². The zero-order valence-corrected chi connectivity index (χ0v) is 9.32. The third-order valence-electron chi connectivity index (χ3n) is 2.33. The van der Waals surface area contributed by atoms with Crippen LogP contribution in [0.1, 0.15) is 21.6 Å². The molecular weight excluding hydrogens is 220 g/mol. The van der Waals surface area contributed by atoms with Gasteiger partial charge in [-0.3, -0.25) is 9.59 Å². The molecule has 88 valence electrons. The van der Waals surface area contributed by atoms with Crippen molar-refractivity contribution in [2.24, 2.45) is 0 Å². The molecule has 2 aromatic heterocycles. The fourth-order valence-electron chi connectivity index (χ4n) is 1.42. The highest BCUT2D eigenvalue weighted by Crippen LogP contribution is 2.00. The second-order valence-electron chi connectivity index (χ2n) is 3.70. The quantitative estimate of drug-likeness (QED) is 0.835. The van der Waals surface area contributed by atoms with E-state index in [4.69, 9.17) is 4.42 Å². The topological polar surface area (TPSA) is 75.1 Å². The summed E-state index contributed by atoms with van der Waals surface area (Å²) in [5, 5.41) is 2.64. The van der Waals surface area contributed by atoms with Crippen molar-refractivity contribution in [3.8, 4) is 0 Å². The van der Waals surface area contributed by atoms with Gasteiger partial charge in [0.25, 0.3) is 11.5 Å². The Hall–Kier alpha value is -2.30. The van der Waals surface area contributed by atoms with Crippen LogP contribution in [0.2, 0.25) is 0 Å². The van der Waals surface area contributed by atoms with E-state index in [1.807, 2.05) is 0 Å². The molecule has 5 heteroatoms. The molecule has 2 aromatic rings. The molecule has 0 atom stereocenters. The molecule has 0 aliphatic heterocycles. The first-order valence-corrected chi connectivity index (χ1v) is 5.16. The Bertz CT molecular complexity index is 570. The maximum atomic E-state index is 11.7. The number of aromatic nitrogens is 1. The Labute approximate surface area is 97.5 Å². The van der Waals surface area contributed by atoms with Crippen LogP contribution in [0.25, 0.3) is 0 Å². The SMILES string of the molecule is Cc1ccc(C(=O)NCc2ccoc2)c(=O)[nH]1. The smallest absolute Gasteiger partial charge is 0.260 e. The van der Waals surface area contributed by atoms with Gasteiger partial charge in [0.15, 0.2) is 0 Å². The number of hydrogen-bond donors (Lipinski definition) is 2. The first-order chi connectivity index (χ1) is 8.16. The molecule has 0 aliphatic carbocycles. The Morgan fingerprint density at radius 3 is 2.88 bits per heavy atom. The molecule has 0 fully saturated rings. The summed E-state index contributed by atoms with van der Waals surface area (Å²) in [7, 11) is 0. The number of carbonyl (C=O) groups is 1. The van der Waals surface area contributed by atoms with E-state index in [-0.39, 0.29) is 11.1 Å². The van der Waals surface area contributed by atoms with E-state index in [0.717, 1.165) is 11.3 Å². The molecule has 0 saturated heterocycles. The van der Waals surface area contributed by atoms with Crippen molar-refractivity contribution in [3.05, 3.63) is 57.9 Å². The van der Waals surface area contributed by atoms with Gasteiger partial charge >= 0.3 is 0 Å². The van der Waals surface area contributed by atoms with Gasteiger partial charge < -0.3 is 14.7 Å².